The quantitative estimate of drug-likeness (QED) is 0.739. The van der Waals surface area contributed by atoms with Crippen LogP contribution in [0.4, 0.5) is 0 Å². The van der Waals surface area contributed by atoms with Crippen LogP contribution in [0.2, 0.25) is 0 Å². The van der Waals surface area contributed by atoms with Gasteiger partial charge in [-0.3, -0.25) is 0 Å². The van der Waals surface area contributed by atoms with Gasteiger partial charge in [-0.2, -0.15) is 0 Å². The van der Waals surface area contributed by atoms with Crippen LogP contribution >= 0.6 is 15.9 Å². The number of para-hydroxylation sites is 2. The van der Waals surface area contributed by atoms with Crippen molar-refractivity contribution in [1.29, 1.82) is 0 Å². The van der Waals surface area contributed by atoms with Gasteiger partial charge in [0.25, 0.3) is 0 Å². The summed E-state index contributed by atoms with van der Waals surface area (Å²) in [4.78, 5) is 0. The lowest BCUT2D eigenvalue weighted by Gasteiger charge is -2.21. The average Bonchev–Trinajstić information content (AvgIpc) is 2.29. The zero-order chi connectivity index (χ0) is 12.0. The average molecular weight is 287 g/mol. The fraction of sp³-hybridized carbons (Fsp3) is 0.538. The molecule has 0 aliphatic rings. The molecule has 0 N–H and O–H groups in total. The third-order valence-corrected chi connectivity index (χ3v) is 3.99. The number of alkyl halides is 1. The largest absolute Gasteiger partial charge is 0.493 e. The minimum atomic E-state index is 0.266. The monoisotopic (exact) mass is 286 g/mol. The summed E-state index contributed by atoms with van der Waals surface area (Å²) in [6.07, 6.45) is 1.01. The number of halogens is 1. The first-order valence-electron chi connectivity index (χ1n) is 5.41. The van der Waals surface area contributed by atoms with Crippen LogP contribution in [-0.4, -0.2) is 19.0 Å². The molecule has 1 aromatic carbocycles. The number of hydrogen-bond donors (Lipinski definition) is 0. The van der Waals surface area contributed by atoms with Crippen molar-refractivity contribution >= 4 is 15.9 Å². The van der Waals surface area contributed by atoms with E-state index in [-0.39, 0.29) is 5.41 Å². The molecule has 0 fully saturated rings. The highest BCUT2D eigenvalue weighted by atomic mass is 79.9. The second kappa shape index (κ2) is 6.14. The van der Waals surface area contributed by atoms with Crippen LogP contribution in [-0.2, 0) is 0 Å². The molecule has 0 unspecified atom stereocenters. The molecule has 0 heterocycles. The topological polar surface area (TPSA) is 18.5 Å². The van der Waals surface area contributed by atoms with Gasteiger partial charge in [0, 0.05) is 5.33 Å². The van der Waals surface area contributed by atoms with Gasteiger partial charge in [-0.25, -0.2) is 0 Å². The molecule has 90 valence electrons. The molecule has 0 spiro atoms. The van der Waals surface area contributed by atoms with Crippen molar-refractivity contribution in [2.24, 2.45) is 5.41 Å². The zero-order valence-electron chi connectivity index (χ0n) is 10.1. The van der Waals surface area contributed by atoms with Crippen LogP contribution in [0.3, 0.4) is 0 Å². The molecule has 0 aromatic heterocycles. The van der Waals surface area contributed by atoms with Crippen LogP contribution in [0.15, 0.2) is 24.3 Å². The second-order valence-corrected chi connectivity index (χ2v) is 5.11. The molecule has 3 heteroatoms. The number of methoxy groups -OCH3 is 1. The van der Waals surface area contributed by atoms with E-state index in [4.69, 9.17) is 9.47 Å². The number of ether oxygens (including phenoxy) is 2. The van der Waals surface area contributed by atoms with Crippen molar-refractivity contribution < 1.29 is 9.47 Å². The molecule has 2 nitrogen and oxygen atoms in total. The SMILES string of the molecule is COc1ccccc1OCCC(C)(C)CBr. The lowest BCUT2D eigenvalue weighted by Crippen LogP contribution is -2.17. The van der Waals surface area contributed by atoms with Gasteiger partial charge >= 0.3 is 0 Å². The summed E-state index contributed by atoms with van der Waals surface area (Å²) in [5.41, 5.74) is 0.266. The van der Waals surface area contributed by atoms with Crippen molar-refractivity contribution in [3.63, 3.8) is 0 Å². The Kier molecular flexibility index (Phi) is 5.13. The van der Waals surface area contributed by atoms with E-state index in [1.807, 2.05) is 24.3 Å². The van der Waals surface area contributed by atoms with Crippen molar-refractivity contribution in [2.45, 2.75) is 20.3 Å². The van der Waals surface area contributed by atoms with Gasteiger partial charge in [0.05, 0.1) is 13.7 Å². The molecule has 0 radical (unpaired) electrons. The van der Waals surface area contributed by atoms with Gasteiger partial charge in [0.15, 0.2) is 11.5 Å². The summed E-state index contributed by atoms with van der Waals surface area (Å²) in [5, 5.41) is 0.981. The van der Waals surface area contributed by atoms with E-state index in [2.05, 4.69) is 29.8 Å². The first kappa shape index (κ1) is 13.4. The lowest BCUT2D eigenvalue weighted by molar-refractivity contribution is 0.238. The Bertz CT molecular complexity index is 323. The third kappa shape index (κ3) is 4.05. The number of hydrogen-bond acceptors (Lipinski definition) is 2. The van der Waals surface area contributed by atoms with Gasteiger partial charge in [-0.15, -0.1) is 0 Å². The lowest BCUT2D eigenvalue weighted by atomic mass is 9.93. The summed E-state index contributed by atoms with van der Waals surface area (Å²) in [7, 11) is 1.66. The Hall–Kier alpha value is -0.700. The van der Waals surface area contributed by atoms with Crippen molar-refractivity contribution in [3.05, 3.63) is 24.3 Å². The van der Waals surface area contributed by atoms with Crippen molar-refractivity contribution in [1.82, 2.24) is 0 Å². The van der Waals surface area contributed by atoms with Crippen LogP contribution in [0, 0.1) is 5.41 Å². The number of rotatable bonds is 6. The summed E-state index contributed by atoms with van der Waals surface area (Å²) >= 11 is 3.51. The molecule has 0 bridgehead atoms. The fourth-order valence-electron chi connectivity index (χ4n) is 1.24. The molecule has 0 aliphatic heterocycles. The van der Waals surface area contributed by atoms with E-state index in [9.17, 15) is 0 Å². The molecule has 0 atom stereocenters. The van der Waals surface area contributed by atoms with Crippen LogP contribution in [0.5, 0.6) is 11.5 Å². The first-order chi connectivity index (χ1) is 7.59. The zero-order valence-corrected chi connectivity index (χ0v) is 11.7. The molecule has 1 aromatic rings. The normalized spacial score (nSPS) is 11.2. The van der Waals surface area contributed by atoms with Gasteiger partial charge in [-0.1, -0.05) is 41.9 Å². The highest BCUT2D eigenvalue weighted by molar-refractivity contribution is 9.09. The number of benzene rings is 1. The summed E-state index contributed by atoms with van der Waals surface area (Å²) < 4.78 is 10.9. The van der Waals surface area contributed by atoms with E-state index < -0.39 is 0 Å². The Morgan fingerprint density at radius 2 is 1.81 bits per heavy atom. The molecule has 0 aliphatic carbocycles. The Morgan fingerprint density at radius 1 is 1.19 bits per heavy atom. The van der Waals surface area contributed by atoms with Gasteiger partial charge < -0.3 is 9.47 Å². The van der Waals surface area contributed by atoms with E-state index in [0.717, 1.165) is 23.2 Å². The molecular formula is C13H19BrO2. The third-order valence-electron chi connectivity index (χ3n) is 2.47. The van der Waals surface area contributed by atoms with Crippen molar-refractivity contribution in [2.75, 3.05) is 19.0 Å². The maximum absolute atomic E-state index is 5.72. The van der Waals surface area contributed by atoms with E-state index in [1.54, 1.807) is 7.11 Å². The maximum Gasteiger partial charge on any atom is 0.161 e. The minimum Gasteiger partial charge on any atom is -0.493 e. The van der Waals surface area contributed by atoms with Crippen LogP contribution in [0.25, 0.3) is 0 Å². The van der Waals surface area contributed by atoms with Crippen molar-refractivity contribution in [3.8, 4) is 11.5 Å². The molecule has 0 amide bonds. The second-order valence-electron chi connectivity index (χ2n) is 4.55. The smallest absolute Gasteiger partial charge is 0.161 e. The van der Waals surface area contributed by atoms with Gasteiger partial charge in [0.2, 0.25) is 0 Å². The maximum atomic E-state index is 5.72. The van der Waals surface area contributed by atoms with Gasteiger partial charge in [0.1, 0.15) is 0 Å². The minimum absolute atomic E-state index is 0.266. The first-order valence-corrected chi connectivity index (χ1v) is 6.53. The summed E-state index contributed by atoms with van der Waals surface area (Å²) in [6, 6.07) is 7.73. The molecular weight excluding hydrogens is 268 g/mol. The van der Waals surface area contributed by atoms with Crippen LogP contribution in [0.1, 0.15) is 20.3 Å². The Labute approximate surface area is 106 Å². The molecule has 0 saturated carbocycles. The Morgan fingerprint density at radius 3 is 2.38 bits per heavy atom. The standard InChI is InChI=1S/C13H19BrO2/c1-13(2,10-14)8-9-16-12-7-5-4-6-11(12)15-3/h4-7H,8-10H2,1-3H3. The van der Waals surface area contributed by atoms with E-state index >= 15 is 0 Å². The molecule has 0 saturated heterocycles. The molecule has 16 heavy (non-hydrogen) atoms. The van der Waals surface area contributed by atoms with E-state index in [0.29, 0.717) is 6.61 Å². The van der Waals surface area contributed by atoms with E-state index in [1.165, 1.54) is 0 Å². The fourth-order valence-corrected chi connectivity index (χ4v) is 1.52. The Balaban J connectivity index is 2.49. The predicted molar refractivity (Wildman–Crippen MR) is 70.7 cm³/mol. The van der Waals surface area contributed by atoms with Crippen LogP contribution < -0.4 is 9.47 Å². The highest BCUT2D eigenvalue weighted by Gasteiger charge is 2.16. The highest BCUT2D eigenvalue weighted by Crippen LogP contribution is 2.28. The molecule has 1 rings (SSSR count). The van der Waals surface area contributed by atoms with Gasteiger partial charge in [-0.05, 0) is 24.0 Å². The predicted octanol–water partition coefficient (Wildman–Crippen LogP) is 3.89. The summed E-state index contributed by atoms with van der Waals surface area (Å²) in [5.74, 6) is 1.61. The summed E-state index contributed by atoms with van der Waals surface area (Å²) in [6.45, 7) is 5.14.